The fraction of sp³-hybridized carbons (Fsp3) is 0.647. The van der Waals surface area contributed by atoms with Crippen LogP contribution < -0.4 is 5.32 Å². The predicted octanol–water partition coefficient (Wildman–Crippen LogP) is 5.48. The zero-order valence-electron chi connectivity index (χ0n) is 12.3. The normalized spacial score (nSPS) is 17.6. The molecule has 0 saturated heterocycles. The molecule has 1 aromatic rings. The smallest absolute Gasteiger partial charge is 0.0452 e. The summed E-state index contributed by atoms with van der Waals surface area (Å²) in [5, 5.41) is 5.26. The second kappa shape index (κ2) is 8.26. The first-order chi connectivity index (χ1) is 9.70. The van der Waals surface area contributed by atoms with E-state index in [1.807, 2.05) is 12.1 Å². The van der Waals surface area contributed by atoms with Gasteiger partial charge in [-0.1, -0.05) is 49.0 Å². The highest BCUT2D eigenvalue weighted by Crippen LogP contribution is 2.30. The van der Waals surface area contributed by atoms with Crippen molar-refractivity contribution in [2.45, 2.75) is 57.9 Å². The molecule has 1 aliphatic carbocycles. The van der Waals surface area contributed by atoms with Crippen molar-refractivity contribution in [3.8, 4) is 0 Å². The highest BCUT2D eigenvalue weighted by Gasteiger charge is 2.24. The second-order valence-corrected chi connectivity index (χ2v) is 6.72. The fourth-order valence-electron chi connectivity index (χ4n) is 3.23. The molecule has 0 heterocycles. The van der Waals surface area contributed by atoms with Gasteiger partial charge in [0.25, 0.3) is 0 Å². The Hall–Kier alpha value is -0.240. The number of rotatable bonds is 7. The van der Waals surface area contributed by atoms with Crippen LogP contribution in [0, 0.1) is 5.92 Å². The Morgan fingerprint density at radius 2 is 2.00 bits per heavy atom. The molecule has 1 fully saturated rings. The van der Waals surface area contributed by atoms with Crippen molar-refractivity contribution in [2.75, 3.05) is 6.54 Å². The number of aryl methyl sites for hydroxylation is 1. The van der Waals surface area contributed by atoms with Crippen LogP contribution in [0.3, 0.4) is 0 Å². The van der Waals surface area contributed by atoms with Crippen LogP contribution in [-0.2, 0) is 6.42 Å². The summed E-state index contributed by atoms with van der Waals surface area (Å²) >= 11 is 12.2. The van der Waals surface area contributed by atoms with E-state index in [1.54, 1.807) is 0 Å². The van der Waals surface area contributed by atoms with Gasteiger partial charge in [-0.25, -0.2) is 0 Å². The van der Waals surface area contributed by atoms with E-state index in [9.17, 15) is 0 Å². The molecule has 2 rings (SSSR count). The first-order valence-corrected chi connectivity index (χ1v) is 8.63. The third-order valence-electron chi connectivity index (χ3n) is 4.37. The molecule has 0 aliphatic heterocycles. The summed E-state index contributed by atoms with van der Waals surface area (Å²) in [7, 11) is 0. The summed E-state index contributed by atoms with van der Waals surface area (Å²) in [6.07, 6.45) is 8.98. The minimum Gasteiger partial charge on any atom is -0.314 e. The number of hydrogen-bond donors (Lipinski definition) is 1. The Kier molecular flexibility index (Phi) is 6.67. The molecule has 112 valence electrons. The molecule has 1 unspecified atom stereocenters. The van der Waals surface area contributed by atoms with Crippen LogP contribution in [0.2, 0.25) is 10.0 Å². The molecule has 1 aliphatic rings. The number of halogens is 2. The lowest BCUT2D eigenvalue weighted by Crippen LogP contribution is -2.36. The van der Waals surface area contributed by atoms with E-state index in [-0.39, 0.29) is 0 Å². The average molecular weight is 314 g/mol. The maximum atomic E-state index is 6.27. The summed E-state index contributed by atoms with van der Waals surface area (Å²) in [5.74, 6) is 0.854. The molecular weight excluding hydrogens is 289 g/mol. The number of benzene rings is 1. The highest BCUT2D eigenvalue weighted by molar-refractivity contribution is 6.35. The fourth-order valence-corrected chi connectivity index (χ4v) is 3.73. The van der Waals surface area contributed by atoms with Crippen LogP contribution in [-0.4, -0.2) is 12.6 Å². The van der Waals surface area contributed by atoms with E-state index >= 15 is 0 Å². The standard InChI is InChI=1S/C17H25Cl2N/c1-2-11-20-17(14-5-3-4-6-14)10-8-13-7-9-15(18)12-16(13)19/h7,9,12,14,17,20H,2-6,8,10-11H2,1H3. The molecule has 1 nitrogen and oxygen atoms in total. The van der Waals surface area contributed by atoms with Crippen molar-refractivity contribution in [3.63, 3.8) is 0 Å². The largest absolute Gasteiger partial charge is 0.314 e. The Morgan fingerprint density at radius 1 is 1.25 bits per heavy atom. The molecule has 0 radical (unpaired) electrons. The molecule has 1 atom stereocenters. The van der Waals surface area contributed by atoms with Gasteiger partial charge in [-0.15, -0.1) is 0 Å². The topological polar surface area (TPSA) is 12.0 Å². The van der Waals surface area contributed by atoms with E-state index in [2.05, 4.69) is 18.3 Å². The van der Waals surface area contributed by atoms with Crippen LogP contribution in [0.25, 0.3) is 0 Å². The van der Waals surface area contributed by atoms with Crippen molar-refractivity contribution in [1.82, 2.24) is 5.32 Å². The SMILES string of the molecule is CCCNC(CCc1ccc(Cl)cc1Cl)C1CCCC1. The van der Waals surface area contributed by atoms with E-state index < -0.39 is 0 Å². The van der Waals surface area contributed by atoms with Crippen LogP contribution >= 0.6 is 23.2 Å². The molecule has 3 heteroatoms. The first kappa shape index (κ1) is 16.1. The molecule has 0 bridgehead atoms. The zero-order valence-corrected chi connectivity index (χ0v) is 13.8. The van der Waals surface area contributed by atoms with Gasteiger partial charge in [-0.2, -0.15) is 0 Å². The van der Waals surface area contributed by atoms with Crippen LogP contribution in [0.15, 0.2) is 18.2 Å². The van der Waals surface area contributed by atoms with Gasteiger partial charge in [0.15, 0.2) is 0 Å². The average Bonchev–Trinajstić information content (AvgIpc) is 2.95. The Morgan fingerprint density at radius 3 is 2.65 bits per heavy atom. The lowest BCUT2D eigenvalue weighted by atomic mass is 9.92. The summed E-state index contributed by atoms with van der Waals surface area (Å²) in [6, 6.07) is 6.50. The number of hydrogen-bond acceptors (Lipinski definition) is 1. The monoisotopic (exact) mass is 313 g/mol. The Balaban J connectivity index is 1.93. The van der Waals surface area contributed by atoms with E-state index in [0.717, 1.165) is 28.9 Å². The molecular formula is C17H25Cl2N. The zero-order chi connectivity index (χ0) is 14.4. The third-order valence-corrected chi connectivity index (χ3v) is 4.95. The molecule has 1 N–H and O–H groups in total. The van der Waals surface area contributed by atoms with Gasteiger partial charge in [-0.05, 0) is 62.3 Å². The van der Waals surface area contributed by atoms with Gasteiger partial charge in [0, 0.05) is 16.1 Å². The summed E-state index contributed by atoms with van der Waals surface area (Å²) < 4.78 is 0. The Labute approximate surface area is 133 Å². The van der Waals surface area contributed by atoms with Crippen molar-refractivity contribution in [1.29, 1.82) is 0 Å². The van der Waals surface area contributed by atoms with Gasteiger partial charge in [0.2, 0.25) is 0 Å². The molecule has 1 saturated carbocycles. The Bertz CT molecular complexity index is 413. The van der Waals surface area contributed by atoms with Gasteiger partial charge in [0.1, 0.15) is 0 Å². The van der Waals surface area contributed by atoms with Crippen molar-refractivity contribution in [3.05, 3.63) is 33.8 Å². The third kappa shape index (κ3) is 4.65. The summed E-state index contributed by atoms with van der Waals surface area (Å²) in [4.78, 5) is 0. The maximum absolute atomic E-state index is 6.27. The second-order valence-electron chi connectivity index (χ2n) is 5.88. The predicted molar refractivity (Wildman–Crippen MR) is 88.8 cm³/mol. The minimum absolute atomic E-state index is 0.643. The van der Waals surface area contributed by atoms with E-state index in [1.165, 1.54) is 44.1 Å². The van der Waals surface area contributed by atoms with Crippen LogP contribution in [0.1, 0.15) is 51.0 Å². The van der Waals surface area contributed by atoms with Crippen LogP contribution in [0.5, 0.6) is 0 Å². The van der Waals surface area contributed by atoms with Crippen molar-refractivity contribution >= 4 is 23.2 Å². The van der Waals surface area contributed by atoms with Gasteiger partial charge < -0.3 is 5.32 Å². The molecule has 20 heavy (non-hydrogen) atoms. The molecule has 0 aromatic heterocycles. The minimum atomic E-state index is 0.643. The molecule has 0 spiro atoms. The molecule has 1 aromatic carbocycles. The van der Waals surface area contributed by atoms with Gasteiger partial charge >= 0.3 is 0 Å². The van der Waals surface area contributed by atoms with Crippen molar-refractivity contribution < 1.29 is 0 Å². The van der Waals surface area contributed by atoms with E-state index in [4.69, 9.17) is 23.2 Å². The molecule has 0 amide bonds. The lowest BCUT2D eigenvalue weighted by Gasteiger charge is -2.25. The van der Waals surface area contributed by atoms with Gasteiger partial charge in [0.05, 0.1) is 0 Å². The lowest BCUT2D eigenvalue weighted by molar-refractivity contribution is 0.341. The first-order valence-electron chi connectivity index (χ1n) is 7.88. The van der Waals surface area contributed by atoms with Crippen molar-refractivity contribution in [2.24, 2.45) is 5.92 Å². The highest BCUT2D eigenvalue weighted by atomic mass is 35.5. The number of nitrogens with one attached hydrogen (secondary N) is 1. The van der Waals surface area contributed by atoms with E-state index in [0.29, 0.717) is 6.04 Å². The van der Waals surface area contributed by atoms with Crippen LogP contribution in [0.4, 0.5) is 0 Å². The summed E-state index contributed by atoms with van der Waals surface area (Å²) in [6.45, 7) is 3.35. The quantitative estimate of drug-likeness (QED) is 0.702. The maximum Gasteiger partial charge on any atom is 0.0452 e. The summed E-state index contributed by atoms with van der Waals surface area (Å²) in [5.41, 5.74) is 1.22. The van der Waals surface area contributed by atoms with Gasteiger partial charge in [-0.3, -0.25) is 0 Å².